The number of thioether (sulfide) groups is 1. The van der Waals surface area contributed by atoms with Crippen molar-refractivity contribution in [3.05, 3.63) is 34.9 Å². The Morgan fingerprint density at radius 1 is 1.20 bits per heavy atom. The predicted octanol–water partition coefficient (Wildman–Crippen LogP) is 3.17. The summed E-state index contributed by atoms with van der Waals surface area (Å²) >= 11 is 1.90. The van der Waals surface area contributed by atoms with Gasteiger partial charge in [-0.25, -0.2) is 0 Å². The summed E-state index contributed by atoms with van der Waals surface area (Å²) in [6, 6.07) is 6.68. The summed E-state index contributed by atoms with van der Waals surface area (Å²) in [6.45, 7) is 6.64. The van der Waals surface area contributed by atoms with E-state index in [1.54, 1.807) is 0 Å². The van der Waals surface area contributed by atoms with E-state index in [2.05, 4.69) is 39.0 Å². The first-order valence-corrected chi connectivity index (χ1v) is 6.53. The van der Waals surface area contributed by atoms with Gasteiger partial charge in [0.1, 0.15) is 0 Å². The van der Waals surface area contributed by atoms with Crippen LogP contribution in [0.1, 0.15) is 23.6 Å². The maximum atomic E-state index is 8.91. The van der Waals surface area contributed by atoms with Crippen LogP contribution in [0.25, 0.3) is 0 Å². The van der Waals surface area contributed by atoms with Gasteiger partial charge < -0.3 is 5.11 Å². The van der Waals surface area contributed by atoms with E-state index in [-0.39, 0.29) is 0 Å². The lowest BCUT2D eigenvalue weighted by atomic mass is 10.1. The van der Waals surface area contributed by atoms with Gasteiger partial charge in [-0.05, 0) is 31.1 Å². The fraction of sp³-hybridized carbons (Fsp3) is 0.538. The van der Waals surface area contributed by atoms with Gasteiger partial charge in [0.2, 0.25) is 0 Å². The molecule has 1 unspecified atom stereocenters. The monoisotopic (exact) mass is 224 g/mol. The molecule has 1 nitrogen and oxygen atoms in total. The van der Waals surface area contributed by atoms with E-state index >= 15 is 0 Å². The van der Waals surface area contributed by atoms with Crippen molar-refractivity contribution in [1.82, 2.24) is 0 Å². The van der Waals surface area contributed by atoms with Crippen molar-refractivity contribution in [3.8, 4) is 0 Å². The van der Waals surface area contributed by atoms with E-state index in [9.17, 15) is 0 Å². The summed E-state index contributed by atoms with van der Waals surface area (Å²) in [4.78, 5) is 0. The van der Waals surface area contributed by atoms with Crippen molar-refractivity contribution < 1.29 is 5.11 Å². The highest BCUT2D eigenvalue weighted by Crippen LogP contribution is 2.17. The molecule has 1 aromatic rings. The number of aliphatic hydroxyl groups excluding tert-OH is 1. The number of hydrogen-bond acceptors (Lipinski definition) is 2. The molecule has 1 aromatic carbocycles. The van der Waals surface area contributed by atoms with E-state index in [0.717, 1.165) is 11.5 Å². The molecule has 0 heterocycles. The van der Waals surface area contributed by atoms with Crippen molar-refractivity contribution in [3.63, 3.8) is 0 Å². The van der Waals surface area contributed by atoms with Crippen LogP contribution in [0.3, 0.4) is 0 Å². The standard InChI is InChI=1S/C13H20OS/c1-10-4-11(2)6-13(5-10)9-15-8-12(3)7-14/h4-6,12,14H,7-9H2,1-3H3. The lowest BCUT2D eigenvalue weighted by Gasteiger charge is -2.08. The van der Waals surface area contributed by atoms with Crippen LogP contribution >= 0.6 is 11.8 Å². The largest absolute Gasteiger partial charge is 0.396 e. The van der Waals surface area contributed by atoms with E-state index < -0.39 is 0 Å². The highest BCUT2D eigenvalue weighted by molar-refractivity contribution is 7.98. The zero-order valence-corrected chi connectivity index (χ0v) is 10.6. The first kappa shape index (κ1) is 12.6. The molecule has 0 saturated carbocycles. The SMILES string of the molecule is Cc1cc(C)cc(CSCC(C)CO)c1. The lowest BCUT2D eigenvalue weighted by Crippen LogP contribution is -2.03. The third-order valence-electron chi connectivity index (χ3n) is 2.26. The van der Waals surface area contributed by atoms with E-state index in [4.69, 9.17) is 5.11 Å². The van der Waals surface area contributed by atoms with Crippen LogP contribution in [0, 0.1) is 19.8 Å². The predicted molar refractivity (Wildman–Crippen MR) is 68.3 cm³/mol. The van der Waals surface area contributed by atoms with Crippen molar-refractivity contribution >= 4 is 11.8 Å². The number of aryl methyl sites for hydroxylation is 2. The third-order valence-corrected chi connectivity index (χ3v) is 3.61. The molecule has 84 valence electrons. The molecule has 0 fully saturated rings. The minimum absolute atomic E-state index is 0.292. The molecule has 1 atom stereocenters. The van der Waals surface area contributed by atoms with Gasteiger partial charge in [0.05, 0.1) is 0 Å². The van der Waals surface area contributed by atoms with E-state index in [1.807, 2.05) is 11.8 Å². The molecule has 0 aliphatic heterocycles. The van der Waals surface area contributed by atoms with Crippen molar-refractivity contribution in [2.24, 2.45) is 5.92 Å². The van der Waals surface area contributed by atoms with E-state index in [0.29, 0.717) is 12.5 Å². The number of aliphatic hydroxyl groups is 1. The molecule has 0 amide bonds. The van der Waals surface area contributed by atoms with Gasteiger partial charge in [-0.2, -0.15) is 11.8 Å². The van der Waals surface area contributed by atoms with Crippen molar-refractivity contribution in [1.29, 1.82) is 0 Å². The van der Waals surface area contributed by atoms with Crippen LogP contribution in [0.15, 0.2) is 18.2 Å². The molecule has 2 heteroatoms. The Hall–Kier alpha value is -0.470. The molecule has 0 bridgehead atoms. The summed E-state index contributed by atoms with van der Waals surface area (Å²) in [7, 11) is 0. The molecule has 15 heavy (non-hydrogen) atoms. The second kappa shape index (κ2) is 6.19. The number of hydrogen-bond donors (Lipinski definition) is 1. The normalized spacial score (nSPS) is 12.8. The van der Waals surface area contributed by atoms with Gasteiger partial charge in [-0.3, -0.25) is 0 Å². The smallest absolute Gasteiger partial charge is 0.0464 e. The highest BCUT2D eigenvalue weighted by Gasteiger charge is 2.01. The molecule has 0 aliphatic carbocycles. The lowest BCUT2D eigenvalue weighted by molar-refractivity contribution is 0.250. The van der Waals surface area contributed by atoms with Gasteiger partial charge >= 0.3 is 0 Å². The maximum Gasteiger partial charge on any atom is 0.0464 e. The summed E-state index contributed by atoms with van der Waals surface area (Å²) in [6.07, 6.45) is 0. The van der Waals surface area contributed by atoms with Gasteiger partial charge in [0, 0.05) is 12.4 Å². The topological polar surface area (TPSA) is 20.2 Å². The summed E-state index contributed by atoms with van der Waals surface area (Å²) in [5, 5.41) is 8.91. The molecular formula is C13H20OS. The number of rotatable bonds is 5. The Labute approximate surface area is 96.9 Å². The highest BCUT2D eigenvalue weighted by atomic mass is 32.2. The Morgan fingerprint density at radius 3 is 2.33 bits per heavy atom. The molecular weight excluding hydrogens is 204 g/mol. The Balaban J connectivity index is 2.43. The number of benzene rings is 1. The minimum Gasteiger partial charge on any atom is -0.396 e. The van der Waals surface area contributed by atoms with Crippen LogP contribution in [0.2, 0.25) is 0 Å². The van der Waals surface area contributed by atoms with Gasteiger partial charge in [0.15, 0.2) is 0 Å². The van der Waals surface area contributed by atoms with Crippen LogP contribution in [-0.4, -0.2) is 17.5 Å². The molecule has 0 spiro atoms. The van der Waals surface area contributed by atoms with Gasteiger partial charge in [-0.1, -0.05) is 36.2 Å². The van der Waals surface area contributed by atoms with Crippen LogP contribution < -0.4 is 0 Å². The summed E-state index contributed by atoms with van der Waals surface area (Å²) in [5.74, 6) is 2.48. The average molecular weight is 224 g/mol. The maximum absolute atomic E-state index is 8.91. The van der Waals surface area contributed by atoms with Gasteiger partial charge in [0.25, 0.3) is 0 Å². The minimum atomic E-state index is 0.292. The van der Waals surface area contributed by atoms with Crippen LogP contribution in [0.4, 0.5) is 0 Å². The Bertz CT molecular complexity index is 289. The van der Waals surface area contributed by atoms with Crippen LogP contribution in [0.5, 0.6) is 0 Å². The van der Waals surface area contributed by atoms with Gasteiger partial charge in [-0.15, -0.1) is 0 Å². The molecule has 0 saturated heterocycles. The Morgan fingerprint density at radius 2 is 1.80 bits per heavy atom. The third kappa shape index (κ3) is 4.72. The summed E-state index contributed by atoms with van der Waals surface area (Å²) < 4.78 is 0. The quantitative estimate of drug-likeness (QED) is 0.829. The summed E-state index contributed by atoms with van der Waals surface area (Å²) in [5.41, 5.74) is 4.06. The Kier molecular flexibility index (Phi) is 5.20. The zero-order chi connectivity index (χ0) is 11.3. The van der Waals surface area contributed by atoms with Crippen molar-refractivity contribution in [2.75, 3.05) is 12.4 Å². The first-order valence-electron chi connectivity index (χ1n) is 5.37. The second-order valence-corrected chi connectivity index (χ2v) is 5.33. The second-order valence-electron chi connectivity index (χ2n) is 4.30. The zero-order valence-electron chi connectivity index (χ0n) is 9.79. The fourth-order valence-electron chi connectivity index (χ4n) is 1.58. The molecule has 0 aromatic heterocycles. The van der Waals surface area contributed by atoms with Crippen LogP contribution in [-0.2, 0) is 5.75 Å². The average Bonchev–Trinajstić information content (AvgIpc) is 2.16. The van der Waals surface area contributed by atoms with Crippen molar-refractivity contribution in [2.45, 2.75) is 26.5 Å². The molecule has 1 N–H and O–H groups in total. The molecule has 1 rings (SSSR count). The first-order chi connectivity index (χ1) is 7.11. The molecule has 0 radical (unpaired) electrons. The fourth-order valence-corrected chi connectivity index (χ4v) is 2.61. The molecule has 0 aliphatic rings. The van der Waals surface area contributed by atoms with E-state index in [1.165, 1.54) is 16.7 Å².